The standard InChI is InChI=1S/C12H22N2O2/c15-12(14-10-5-2-1-3-6-10)16-11-7-4-8-13-9-11/h10-11,13H,1-9H2,(H,14,15)/t11-/m0/s1. The molecule has 4 heteroatoms. The first-order valence-electron chi connectivity index (χ1n) is 6.52. The number of ether oxygens (including phenoxy) is 1. The fraction of sp³-hybridized carbons (Fsp3) is 0.917. The van der Waals surface area contributed by atoms with Crippen molar-refractivity contribution in [3.8, 4) is 0 Å². The summed E-state index contributed by atoms with van der Waals surface area (Å²) in [5.41, 5.74) is 0. The highest BCUT2D eigenvalue weighted by atomic mass is 16.6. The van der Waals surface area contributed by atoms with Crippen molar-refractivity contribution >= 4 is 6.09 Å². The van der Waals surface area contributed by atoms with E-state index in [1.165, 1.54) is 19.3 Å². The highest BCUT2D eigenvalue weighted by Crippen LogP contribution is 2.17. The zero-order valence-corrected chi connectivity index (χ0v) is 9.84. The van der Waals surface area contributed by atoms with Crippen LogP contribution in [0.2, 0.25) is 0 Å². The van der Waals surface area contributed by atoms with Crippen LogP contribution in [0.5, 0.6) is 0 Å². The lowest BCUT2D eigenvalue weighted by Gasteiger charge is -2.26. The Morgan fingerprint density at radius 1 is 1.12 bits per heavy atom. The molecular formula is C12H22N2O2. The summed E-state index contributed by atoms with van der Waals surface area (Å²) in [4.78, 5) is 11.6. The van der Waals surface area contributed by atoms with Crippen molar-refractivity contribution in [2.45, 2.75) is 57.1 Å². The van der Waals surface area contributed by atoms with E-state index in [-0.39, 0.29) is 12.2 Å². The van der Waals surface area contributed by atoms with Gasteiger partial charge in [-0.25, -0.2) is 4.79 Å². The lowest BCUT2D eigenvalue weighted by atomic mass is 9.96. The van der Waals surface area contributed by atoms with Crippen LogP contribution in [0.3, 0.4) is 0 Å². The molecule has 2 N–H and O–H groups in total. The third-order valence-corrected chi connectivity index (χ3v) is 3.45. The molecule has 0 radical (unpaired) electrons. The number of rotatable bonds is 2. The smallest absolute Gasteiger partial charge is 0.407 e. The van der Waals surface area contributed by atoms with Crippen molar-refractivity contribution in [1.82, 2.24) is 10.6 Å². The Morgan fingerprint density at radius 2 is 1.94 bits per heavy atom. The molecule has 2 fully saturated rings. The first-order valence-corrected chi connectivity index (χ1v) is 6.52. The molecule has 1 saturated carbocycles. The van der Waals surface area contributed by atoms with Crippen molar-refractivity contribution in [2.75, 3.05) is 13.1 Å². The summed E-state index contributed by atoms with van der Waals surface area (Å²) >= 11 is 0. The summed E-state index contributed by atoms with van der Waals surface area (Å²) in [6.07, 6.45) is 7.92. The first kappa shape index (κ1) is 11.7. The van der Waals surface area contributed by atoms with Gasteiger partial charge in [-0.1, -0.05) is 19.3 Å². The van der Waals surface area contributed by atoms with Crippen LogP contribution < -0.4 is 10.6 Å². The van der Waals surface area contributed by atoms with Crippen LogP contribution in [0.25, 0.3) is 0 Å². The molecule has 1 aliphatic carbocycles. The monoisotopic (exact) mass is 226 g/mol. The highest BCUT2D eigenvalue weighted by Gasteiger charge is 2.20. The molecule has 1 aliphatic heterocycles. The van der Waals surface area contributed by atoms with Gasteiger partial charge in [-0.05, 0) is 32.2 Å². The third-order valence-electron chi connectivity index (χ3n) is 3.45. The Kier molecular flexibility index (Phi) is 4.45. The molecule has 0 spiro atoms. The Labute approximate surface area is 97.1 Å². The van der Waals surface area contributed by atoms with Crippen LogP contribution in [-0.4, -0.2) is 31.3 Å². The van der Waals surface area contributed by atoms with Crippen LogP contribution in [-0.2, 0) is 4.74 Å². The molecule has 1 atom stereocenters. The predicted octanol–water partition coefficient (Wildman–Crippen LogP) is 1.80. The minimum atomic E-state index is -0.222. The summed E-state index contributed by atoms with van der Waals surface area (Å²) in [5, 5.41) is 6.22. The number of carbonyl (C=O) groups is 1. The Morgan fingerprint density at radius 3 is 2.62 bits per heavy atom. The summed E-state index contributed by atoms with van der Waals surface area (Å²) in [6.45, 7) is 1.85. The number of carbonyl (C=O) groups excluding carboxylic acids is 1. The summed E-state index contributed by atoms with van der Waals surface area (Å²) < 4.78 is 5.38. The van der Waals surface area contributed by atoms with Gasteiger partial charge in [-0.15, -0.1) is 0 Å². The van der Waals surface area contributed by atoms with Gasteiger partial charge in [0.2, 0.25) is 0 Å². The molecule has 1 amide bonds. The molecule has 1 heterocycles. The van der Waals surface area contributed by atoms with Crippen LogP contribution >= 0.6 is 0 Å². The third kappa shape index (κ3) is 3.67. The van der Waals surface area contributed by atoms with Gasteiger partial charge in [0, 0.05) is 12.6 Å². The normalized spacial score (nSPS) is 27.4. The molecule has 0 aromatic carbocycles. The van der Waals surface area contributed by atoms with Crippen molar-refractivity contribution in [3.63, 3.8) is 0 Å². The largest absolute Gasteiger partial charge is 0.445 e. The number of amides is 1. The molecule has 0 unspecified atom stereocenters. The molecule has 16 heavy (non-hydrogen) atoms. The first-order chi connectivity index (χ1) is 7.84. The Bertz CT molecular complexity index is 199. The minimum Gasteiger partial charge on any atom is -0.445 e. The van der Waals surface area contributed by atoms with E-state index in [0.717, 1.165) is 38.8 Å². The van der Waals surface area contributed by atoms with Gasteiger partial charge in [0.1, 0.15) is 6.10 Å². The lowest BCUT2D eigenvalue weighted by molar-refractivity contribution is 0.0785. The molecule has 0 aromatic rings. The van der Waals surface area contributed by atoms with E-state index in [1.807, 2.05) is 0 Å². The molecule has 0 aromatic heterocycles. The summed E-state index contributed by atoms with van der Waals surface area (Å²) in [6, 6.07) is 0.345. The van der Waals surface area contributed by atoms with Gasteiger partial charge in [0.15, 0.2) is 0 Å². The Balaban J connectivity index is 1.66. The van der Waals surface area contributed by atoms with Crippen molar-refractivity contribution in [3.05, 3.63) is 0 Å². The van der Waals surface area contributed by atoms with Gasteiger partial charge in [-0.3, -0.25) is 0 Å². The zero-order chi connectivity index (χ0) is 11.2. The number of alkyl carbamates (subject to hydrolysis) is 1. The average Bonchev–Trinajstić information content (AvgIpc) is 2.31. The molecular weight excluding hydrogens is 204 g/mol. The number of hydrogen-bond acceptors (Lipinski definition) is 3. The van der Waals surface area contributed by atoms with E-state index in [2.05, 4.69) is 10.6 Å². The molecule has 2 aliphatic rings. The van der Waals surface area contributed by atoms with Gasteiger partial charge in [0.25, 0.3) is 0 Å². The molecule has 1 saturated heterocycles. The second kappa shape index (κ2) is 6.09. The van der Waals surface area contributed by atoms with E-state index in [1.54, 1.807) is 0 Å². The fourth-order valence-electron chi connectivity index (χ4n) is 2.52. The van der Waals surface area contributed by atoms with Crippen LogP contribution in [0.1, 0.15) is 44.9 Å². The van der Waals surface area contributed by atoms with Crippen LogP contribution in [0.4, 0.5) is 4.79 Å². The van der Waals surface area contributed by atoms with Crippen molar-refractivity contribution in [1.29, 1.82) is 0 Å². The van der Waals surface area contributed by atoms with E-state index >= 15 is 0 Å². The van der Waals surface area contributed by atoms with Crippen molar-refractivity contribution in [2.24, 2.45) is 0 Å². The topological polar surface area (TPSA) is 50.4 Å². The SMILES string of the molecule is O=C(NC1CCCCC1)O[C@H]1CCCNC1. The molecule has 0 bridgehead atoms. The average molecular weight is 226 g/mol. The zero-order valence-electron chi connectivity index (χ0n) is 9.84. The minimum absolute atomic E-state index is 0.0670. The second-order valence-electron chi connectivity index (χ2n) is 4.85. The maximum absolute atomic E-state index is 11.6. The fourth-order valence-corrected chi connectivity index (χ4v) is 2.52. The van der Waals surface area contributed by atoms with Crippen LogP contribution in [0, 0.1) is 0 Å². The van der Waals surface area contributed by atoms with Crippen LogP contribution in [0.15, 0.2) is 0 Å². The maximum atomic E-state index is 11.6. The second-order valence-corrected chi connectivity index (χ2v) is 4.85. The number of hydrogen-bond donors (Lipinski definition) is 2. The molecule has 2 rings (SSSR count). The lowest BCUT2D eigenvalue weighted by Crippen LogP contribution is -2.42. The van der Waals surface area contributed by atoms with E-state index in [4.69, 9.17) is 4.74 Å². The number of piperidine rings is 1. The summed E-state index contributed by atoms with van der Waals surface area (Å²) in [7, 11) is 0. The summed E-state index contributed by atoms with van der Waals surface area (Å²) in [5.74, 6) is 0. The molecule has 4 nitrogen and oxygen atoms in total. The van der Waals surface area contributed by atoms with Crippen molar-refractivity contribution < 1.29 is 9.53 Å². The van der Waals surface area contributed by atoms with E-state index in [9.17, 15) is 4.79 Å². The maximum Gasteiger partial charge on any atom is 0.407 e. The highest BCUT2D eigenvalue weighted by molar-refractivity contribution is 5.67. The predicted molar refractivity (Wildman–Crippen MR) is 62.4 cm³/mol. The van der Waals surface area contributed by atoms with E-state index in [0.29, 0.717) is 6.04 Å². The van der Waals surface area contributed by atoms with Gasteiger partial charge in [0.05, 0.1) is 0 Å². The molecule has 92 valence electrons. The number of nitrogens with one attached hydrogen (secondary N) is 2. The quantitative estimate of drug-likeness (QED) is 0.755. The van der Waals surface area contributed by atoms with Gasteiger partial charge >= 0.3 is 6.09 Å². The van der Waals surface area contributed by atoms with Gasteiger partial charge in [-0.2, -0.15) is 0 Å². The van der Waals surface area contributed by atoms with Gasteiger partial charge < -0.3 is 15.4 Å². The Hall–Kier alpha value is -0.770. The van der Waals surface area contributed by atoms with E-state index < -0.39 is 0 Å².